The molecule has 2 aliphatic rings. The van der Waals surface area contributed by atoms with Crippen molar-refractivity contribution in [2.24, 2.45) is 0 Å². The molecule has 0 aromatic heterocycles. The fourth-order valence-corrected chi connectivity index (χ4v) is 5.04. The molecule has 6 heteroatoms. The monoisotopic (exact) mass is 437 g/mol. The van der Waals surface area contributed by atoms with Gasteiger partial charge in [-0.2, -0.15) is 0 Å². The van der Waals surface area contributed by atoms with Crippen molar-refractivity contribution in [2.45, 2.75) is 31.8 Å². The number of ether oxygens (including phenoxy) is 2. The Labute approximate surface area is 191 Å². The van der Waals surface area contributed by atoms with E-state index in [2.05, 4.69) is 53.1 Å². The zero-order valence-electron chi connectivity index (χ0n) is 19.5. The molecule has 4 rings (SSSR count). The molecule has 0 unspecified atom stereocenters. The minimum Gasteiger partial charge on any atom is -0.497 e. The van der Waals surface area contributed by atoms with Crippen LogP contribution in [0.2, 0.25) is 0 Å². The van der Waals surface area contributed by atoms with Gasteiger partial charge in [-0.25, -0.2) is 0 Å². The number of carbonyl (C=O) groups is 1. The molecule has 0 saturated carbocycles. The van der Waals surface area contributed by atoms with Crippen LogP contribution in [-0.2, 0) is 4.79 Å². The quantitative estimate of drug-likeness (QED) is 0.660. The summed E-state index contributed by atoms with van der Waals surface area (Å²) in [5.74, 6) is 1.85. The maximum atomic E-state index is 13.1. The molecule has 0 spiro atoms. The fraction of sp³-hybridized carbons (Fsp3) is 0.500. The van der Waals surface area contributed by atoms with Crippen molar-refractivity contribution in [1.29, 1.82) is 0 Å². The maximum absolute atomic E-state index is 13.1. The van der Waals surface area contributed by atoms with Crippen LogP contribution in [0.1, 0.15) is 43.0 Å². The Bertz CT molecular complexity index is 896. The van der Waals surface area contributed by atoms with Crippen LogP contribution in [0.25, 0.3) is 0 Å². The first-order chi connectivity index (χ1) is 15.6. The van der Waals surface area contributed by atoms with Crippen LogP contribution in [0.4, 0.5) is 0 Å². The van der Waals surface area contributed by atoms with E-state index in [-0.39, 0.29) is 11.9 Å². The Hall–Kier alpha value is -2.57. The molecule has 2 saturated heterocycles. The Morgan fingerprint density at radius 2 is 1.75 bits per heavy atom. The van der Waals surface area contributed by atoms with E-state index in [1.807, 2.05) is 17.0 Å². The predicted molar refractivity (Wildman–Crippen MR) is 126 cm³/mol. The lowest BCUT2D eigenvalue weighted by Gasteiger charge is -2.39. The van der Waals surface area contributed by atoms with Crippen molar-refractivity contribution in [3.8, 4) is 11.5 Å². The number of carbonyl (C=O) groups excluding carboxylic acids is 1. The number of nitrogens with zero attached hydrogens (tertiary/aromatic N) is 3. The highest BCUT2D eigenvalue weighted by atomic mass is 16.5. The fourth-order valence-electron chi connectivity index (χ4n) is 5.04. The van der Waals surface area contributed by atoms with Crippen LogP contribution in [-0.4, -0.2) is 74.1 Å². The second-order valence-electron chi connectivity index (χ2n) is 8.74. The minimum absolute atomic E-state index is 0.208. The highest BCUT2D eigenvalue weighted by Gasteiger charge is 2.32. The average molecular weight is 438 g/mol. The van der Waals surface area contributed by atoms with Gasteiger partial charge in [0.1, 0.15) is 11.5 Å². The normalized spacial score (nSPS) is 20.8. The summed E-state index contributed by atoms with van der Waals surface area (Å²) >= 11 is 0. The van der Waals surface area contributed by atoms with Crippen LogP contribution in [0.5, 0.6) is 11.5 Å². The second-order valence-corrected chi connectivity index (χ2v) is 8.74. The molecule has 0 bridgehead atoms. The van der Waals surface area contributed by atoms with Gasteiger partial charge in [0.2, 0.25) is 5.91 Å². The summed E-state index contributed by atoms with van der Waals surface area (Å²) in [7, 11) is 3.36. The van der Waals surface area contributed by atoms with Crippen molar-refractivity contribution in [3.63, 3.8) is 0 Å². The molecule has 2 aromatic carbocycles. The molecular weight excluding hydrogens is 402 g/mol. The smallest absolute Gasteiger partial charge is 0.236 e. The Morgan fingerprint density at radius 1 is 1.00 bits per heavy atom. The van der Waals surface area contributed by atoms with Crippen molar-refractivity contribution < 1.29 is 14.3 Å². The number of methoxy groups -OCH3 is 2. The topological polar surface area (TPSA) is 45.2 Å². The van der Waals surface area contributed by atoms with Crippen LogP contribution < -0.4 is 9.47 Å². The van der Waals surface area contributed by atoms with E-state index in [9.17, 15) is 4.79 Å². The first kappa shape index (κ1) is 22.6. The Balaban J connectivity index is 1.35. The van der Waals surface area contributed by atoms with Gasteiger partial charge in [0.15, 0.2) is 0 Å². The third-order valence-corrected chi connectivity index (χ3v) is 7.00. The van der Waals surface area contributed by atoms with E-state index in [4.69, 9.17) is 9.47 Å². The van der Waals surface area contributed by atoms with Crippen LogP contribution in [0.3, 0.4) is 0 Å². The summed E-state index contributed by atoms with van der Waals surface area (Å²) in [4.78, 5) is 20.0. The molecular formula is C26H35N3O3. The molecule has 2 atom stereocenters. The van der Waals surface area contributed by atoms with E-state index in [0.29, 0.717) is 12.6 Å². The number of likely N-dealkylation sites (tertiary alicyclic amines) is 1. The highest BCUT2D eigenvalue weighted by Crippen LogP contribution is 2.38. The lowest BCUT2D eigenvalue weighted by Crippen LogP contribution is -2.51. The molecule has 2 heterocycles. The van der Waals surface area contributed by atoms with Gasteiger partial charge in [-0.05, 0) is 37.9 Å². The second kappa shape index (κ2) is 10.4. The molecule has 0 aliphatic carbocycles. The van der Waals surface area contributed by atoms with Crippen molar-refractivity contribution >= 4 is 5.91 Å². The lowest BCUT2D eigenvalue weighted by molar-refractivity contribution is -0.134. The van der Waals surface area contributed by atoms with E-state index < -0.39 is 0 Å². The number of benzene rings is 2. The van der Waals surface area contributed by atoms with Crippen LogP contribution in [0.15, 0.2) is 48.5 Å². The van der Waals surface area contributed by atoms with Gasteiger partial charge in [-0.15, -0.1) is 0 Å². The van der Waals surface area contributed by atoms with Gasteiger partial charge < -0.3 is 14.4 Å². The van der Waals surface area contributed by atoms with E-state index in [0.717, 1.165) is 62.6 Å². The van der Waals surface area contributed by atoms with Crippen LogP contribution in [0, 0.1) is 0 Å². The highest BCUT2D eigenvalue weighted by molar-refractivity contribution is 5.78. The first-order valence-corrected chi connectivity index (χ1v) is 11.6. The average Bonchev–Trinajstić information content (AvgIpc) is 3.31. The van der Waals surface area contributed by atoms with Crippen molar-refractivity contribution in [3.05, 3.63) is 59.7 Å². The van der Waals surface area contributed by atoms with Crippen molar-refractivity contribution in [1.82, 2.24) is 14.7 Å². The zero-order chi connectivity index (χ0) is 22.5. The van der Waals surface area contributed by atoms with Gasteiger partial charge in [0.05, 0.1) is 20.8 Å². The van der Waals surface area contributed by atoms with Gasteiger partial charge in [0, 0.05) is 49.9 Å². The lowest BCUT2D eigenvalue weighted by atomic mass is 10.0. The van der Waals surface area contributed by atoms with E-state index >= 15 is 0 Å². The van der Waals surface area contributed by atoms with Gasteiger partial charge in [0.25, 0.3) is 0 Å². The molecule has 2 aromatic rings. The minimum atomic E-state index is 0.208. The molecule has 0 N–H and O–H groups in total. The van der Waals surface area contributed by atoms with Gasteiger partial charge >= 0.3 is 0 Å². The molecule has 6 nitrogen and oxygen atoms in total. The first-order valence-electron chi connectivity index (χ1n) is 11.6. The number of hydrogen-bond acceptors (Lipinski definition) is 5. The third-order valence-electron chi connectivity index (χ3n) is 7.00. The third kappa shape index (κ3) is 4.92. The van der Waals surface area contributed by atoms with Gasteiger partial charge in [-0.1, -0.05) is 36.4 Å². The van der Waals surface area contributed by atoms with E-state index in [1.54, 1.807) is 14.2 Å². The molecule has 2 fully saturated rings. The summed E-state index contributed by atoms with van der Waals surface area (Å²) in [6.07, 6.45) is 2.13. The number of amides is 1. The van der Waals surface area contributed by atoms with E-state index in [1.165, 1.54) is 5.56 Å². The Morgan fingerprint density at radius 3 is 2.44 bits per heavy atom. The standard InChI is InChI=1S/C26H35N3O3/c1-20(21-8-5-4-6-9-21)27-14-16-28(17-15-27)26(30)19-29-13-7-10-24(29)23-12-11-22(31-2)18-25(23)32-3/h4-6,8-9,11-12,18,20,24H,7,10,13-17,19H2,1-3H3/t20-,24-/m1/s1. The number of rotatable bonds is 7. The molecule has 2 aliphatic heterocycles. The molecule has 32 heavy (non-hydrogen) atoms. The van der Waals surface area contributed by atoms with Crippen LogP contribution >= 0.6 is 0 Å². The predicted octanol–water partition coefficient (Wildman–Crippen LogP) is 3.75. The summed E-state index contributed by atoms with van der Waals surface area (Å²) in [6, 6.07) is 17.2. The molecule has 172 valence electrons. The largest absolute Gasteiger partial charge is 0.497 e. The number of piperazine rings is 1. The SMILES string of the molecule is COc1ccc([C@H]2CCCN2CC(=O)N2CCN([C@H](C)c3ccccc3)CC2)c(OC)c1. The zero-order valence-corrected chi connectivity index (χ0v) is 19.5. The summed E-state index contributed by atoms with van der Waals surface area (Å²) < 4.78 is 11.0. The summed E-state index contributed by atoms with van der Waals surface area (Å²) in [5, 5.41) is 0. The Kier molecular flexibility index (Phi) is 7.33. The molecule has 1 amide bonds. The summed E-state index contributed by atoms with van der Waals surface area (Å²) in [5.41, 5.74) is 2.47. The summed E-state index contributed by atoms with van der Waals surface area (Å²) in [6.45, 7) is 7.07. The molecule has 0 radical (unpaired) electrons. The van der Waals surface area contributed by atoms with Gasteiger partial charge in [-0.3, -0.25) is 14.6 Å². The van der Waals surface area contributed by atoms with Crippen molar-refractivity contribution in [2.75, 3.05) is 53.5 Å². The maximum Gasteiger partial charge on any atom is 0.236 e. The number of hydrogen-bond donors (Lipinski definition) is 0.